The smallest absolute Gasteiger partial charge is 0.130 e. The van der Waals surface area contributed by atoms with E-state index in [4.69, 9.17) is 4.74 Å². The second-order valence-electron chi connectivity index (χ2n) is 7.22. The Labute approximate surface area is 126 Å². The highest BCUT2D eigenvalue weighted by molar-refractivity contribution is 5.84. The predicted octanol–water partition coefficient (Wildman–Crippen LogP) is 2.53. The number of H-pyrrole nitrogens is 1. The van der Waals surface area contributed by atoms with Crippen molar-refractivity contribution in [1.29, 1.82) is 0 Å². The zero-order valence-corrected chi connectivity index (χ0v) is 13.0. The molecule has 2 aliphatic heterocycles. The van der Waals surface area contributed by atoms with Crippen LogP contribution in [0.3, 0.4) is 0 Å². The van der Waals surface area contributed by atoms with E-state index in [1.165, 1.54) is 36.0 Å². The van der Waals surface area contributed by atoms with Gasteiger partial charge in [0, 0.05) is 29.8 Å². The van der Waals surface area contributed by atoms with Gasteiger partial charge in [-0.2, -0.15) is 0 Å². The highest BCUT2D eigenvalue weighted by Crippen LogP contribution is 2.38. The van der Waals surface area contributed by atoms with Crippen molar-refractivity contribution in [2.45, 2.75) is 44.8 Å². The standard InChI is InChI=1S/C18H24N2O/c1-18(2)11-12(8-10-21-18)16-17-14(7-9-19-16)13-5-3-4-6-15(13)20-17/h3-6,12,16,19-20H,7-11H2,1-2H3/p+1/t12-,16-/m0/s1. The van der Waals surface area contributed by atoms with Gasteiger partial charge in [0.05, 0.1) is 17.8 Å². The fourth-order valence-electron chi connectivity index (χ4n) is 4.31. The molecule has 1 aromatic heterocycles. The normalized spacial score (nSPS) is 28.5. The van der Waals surface area contributed by atoms with Crippen LogP contribution < -0.4 is 5.32 Å². The zero-order valence-electron chi connectivity index (χ0n) is 13.0. The molecular formula is C18H25N2O+. The van der Waals surface area contributed by atoms with Gasteiger partial charge in [-0.25, -0.2) is 0 Å². The minimum atomic E-state index is 0.0282. The predicted molar refractivity (Wildman–Crippen MR) is 84.3 cm³/mol. The quantitative estimate of drug-likeness (QED) is 0.830. The molecule has 0 saturated carbocycles. The summed E-state index contributed by atoms with van der Waals surface area (Å²) in [6.45, 7) is 6.57. The van der Waals surface area contributed by atoms with Gasteiger partial charge in [-0.3, -0.25) is 0 Å². The number of nitrogens with two attached hydrogens (primary N) is 1. The van der Waals surface area contributed by atoms with E-state index >= 15 is 0 Å². The van der Waals surface area contributed by atoms with Crippen molar-refractivity contribution in [2.75, 3.05) is 13.2 Å². The first kappa shape index (κ1) is 13.4. The van der Waals surface area contributed by atoms with Crippen LogP contribution in [0.25, 0.3) is 10.9 Å². The molecule has 0 aliphatic carbocycles. The van der Waals surface area contributed by atoms with Crippen LogP contribution in [0.5, 0.6) is 0 Å². The molecule has 3 N–H and O–H groups in total. The summed E-state index contributed by atoms with van der Waals surface area (Å²) in [6.07, 6.45) is 3.52. The molecular weight excluding hydrogens is 260 g/mol. The first-order valence-electron chi connectivity index (χ1n) is 8.21. The Bertz CT molecular complexity index is 658. The molecule has 3 nitrogen and oxygen atoms in total. The lowest BCUT2D eigenvalue weighted by Crippen LogP contribution is -2.88. The molecule has 0 spiro atoms. The third-order valence-corrected chi connectivity index (χ3v) is 5.24. The highest BCUT2D eigenvalue weighted by Gasteiger charge is 2.39. The number of fused-ring (bicyclic) bond motifs is 3. The van der Waals surface area contributed by atoms with Gasteiger partial charge >= 0.3 is 0 Å². The number of ether oxygens (including phenoxy) is 1. The van der Waals surface area contributed by atoms with E-state index in [0.29, 0.717) is 12.0 Å². The van der Waals surface area contributed by atoms with Gasteiger partial charge in [0.1, 0.15) is 6.04 Å². The number of quaternary nitrogens is 1. The first-order valence-corrected chi connectivity index (χ1v) is 8.21. The number of para-hydroxylation sites is 1. The molecule has 1 fully saturated rings. The lowest BCUT2D eigenvalue weighted by molar-refractivity contribution is -0.707. The fraction of sp³-hybridized carbons (Fsp3) is 0.556. The lowest BCUT2D eigenvalue weighted by Gasteiger charge is -2.39. The summed E-state index contributed by atoms with van der Waals surface area (Å²) >= 11 is 0. The van der Waals surface area contributed by atoms with E-state index in [-0.39, 0.29) is 5.60 Å². The summed E-state index contributed by atoms with van der Waals surface area (Å²) < 4.78 is 5.91. The van der Waals surface area contributed by atoms with Gasteiger partial charge in [-0.05, 0) is 38.3 Å². The molecule has 0 bridgehead atoms. The summed E-state index contributed by atoms with van der Waals surface area (Å²) in [5.74, 6) is 0.709. The maximum atomic E-state index is 5.91. The number of benzene rings is 1. The van der Waals surface area contributed by atoms with Crippen molar-refractivity contribution in [2.24, 2.45) is 5.92 Å². The van der Waals surface area contributed by atoms with Gasteiger partial charge in [-0.15, -0.1) is 0 Å². The number of rotatable bonds is 1. The van der Waals surface area contributed by atoms with Crippen LogP contribution in [-0.2, 0) is 11.2 Å². The minimum absolute atomic E-state index is 0.0282. The van der Waals surface area contributed by atoms with Crippen LogP contribution in [0.4, 0.5) is 0 Å². The van der Waals surface area contributed by atoms with Crippen molar-refractivity contribution >= 4 is 10.9 Å². The lowest BCUT2D eigenvalue weighted by atomic mass is 9.80. The molecule has 0 radical (unpaired) electrons. The molecule has 0 amide bonds. The van der Waals surface area contributed by atoms with E-state index in [1.807, 2.05) is 0 Å². The first-order chi connectivity index (χ1) is 10.1. The van der Waals surface area contributed by atoms with Gasteiger partial charge in [0.15, 0.2) is 0 Å². The van der Waals surface area contributed by atoms with E-state index in [1.54, 1.807) is 5.56 Å². The highest BCUT2D eigenvalue weighted by atomic mass is 16.5. The second kappa shape index (κ2) is 4.85. The van der Waals surface area contributed by atoms with Crippen molar-refractivity contribution in [3.05, 3.63) is 35.5 Å². The van der Waals surface area contributed by atoms with Crippen molar-refractivity contribution < 1.29 is 10.1 Å². The van der Waals surface area contributed by atoms with Crippen LogP contribution in [-0.4, -0.2) is 23.7 Å². The Hall–Kier alpha value is -1.32. The van der Waals surface area contributed by atoms with Gasteiger partial charge < -0.3 is 15.0 Å². The molecule has 1 aromatic carbocycles. The number of aromatic nitrogens is 1. The number of hydrogen-bond acceptors (Lipinski definition) is 1. The summed E-state index contributed by atoms with van der Waals surface area (Å²) in [7, 11) is 0. The van der Waals surface area contributed by atoms with Crippen molar-refractivity contribution in [1.82, 2.24) is 4.98 Å². The van der Waals surface area contributed by atoms with E-state index < -0.39 is 0 Å². The Morgan fingerprint density at radius 2 is 2.14 bits per heavy atom. The minimum Gasteiger partial charge on any atom is -0.376 e. The van der Waals surface area contributed by atoms with Gasteiger partial charge in [-0.1, -0.05) is 18.2 Å². The summed E-state index contributed by atoms with van der Waals surface area (Å²) in [5, 5.41) is 3.97. The number of aromatic amines is 1. The van der Waals surface area contributed by atoms with Crippen LogP contribution in [0.1, 0.15) is 44.0 Å². The molecule has 3 heterocycles. The molecule has 2 aromatic rings. The van der Waals surface area contributed by atoms with Crippen LogP contribution in [0.2, 0.25) is 0 Å². The van der Waals surface area contributed by atoms with Crippen LogP contribution in [0, 0.1) is 5.92 Å². The second-order valence-corrected chi connectivity index (χ2v) is 7.22. The Morgan fingerprint density at radius 3 is 3.00 bits per heavy atom. The Morgan fingerprint density at radius 1 is 1.29 bits per heavy atom. The molecule has 0 unspecified atom stereocenters. The largest absolute Gasteiger partial charge is 0.376 e. The third-order valence-electron chi connectivity index (χ3n) is 5.24. The Kier molecular flexibility index (Phi) is 3.09. The third kappa shape index (κ3) is 2.29. The van der Waals surface area contributed by atoms with Crippen molar-refractivity contribution in [3.8, 4) is 0 Å². The topological polar surface area (TPSA) is 41.6 Å². The summed E-state index contributed by atoms with van der Waals surface area (Å²) in [6, 6.07) is 9.32. The van der Waals surface area contributed by atoms with E-state index in [9.17, 15) is 0 Å². The van der Waals surface area contributed by atoms with Gasteiger partial charge in [0.25, 0.3) is 0 Å². The van der Waals surface area contributed by atoms with Crippen molar-refractivity contribution in [3.63, 3.8) is 0 Å². The molecule has 21 heavy (non-hydrogen) atoms. The molecule has 3 heteroatoms. The maximum absolute atomic E-state index is 5.91. The SMILES string of the molecule is CC1(C)C[C@@H]([C@@H]2[NH2+]CCc3c2[nH]c2ccccc32)CCO1. The molecule has 2 aliphatic rings. The monoisotopic (exact) mass is 285 g/mol. The molecule has 4 rings (SSSR count). The van der Waals surface area contributed by atoms with E-state index in [2.05, 4.69) is 48.4 Å². The average molecular weight is 285 g/mol. The fourth-order valence-corrected chi connectivity index (χ4v) is 4.31. The molecule has 1 saturated heterocycles. The molecule has 2 atom stereocenters. The number of hydrogen-bond donors (Lipinski definition) is 2. The Balaban J connectivity index is 1.73. The average Bonchev–Trinajstić information content (AvgIpc) is 2.84. The maximum Gasteiger partial charge on any atom is 0.130 e. The van der Waals surface area contributed by atoms with Crippen LogP contribution in [0.15, 0.2) is 24.3 Å². The van der Waals surface area contributed by atoms with Gasteiger partial charge in [0.2, 0.25) is 0 Å². The molecule has 112 valence electrons. The summed E-state index contributed by atoms with van der Waals surface area (Å²) in [4.78, 5) is 3.72. The number of nitrogens with one attached hydrogen (secondary N) is 1. The van der Waals surface area contributed by atoms with Crippen LogP contribution >= 0.6 is 0 Å². The zero-order chi connectivity index (χ0) is 14.4. The summed E-state index contributed by atoms with van der Waals surface area (Å²) in [5.41, 5.74) is 4.36. The van der Waals surface area contributed by atoms with E-state index in [0.717, 1.165) is 13.0 Å².